The molecule has 0 radical (unpaired) electrons. The summed E-state index contributed by atoms with van der Waals surface area (Å²) in [4.78, 5) is 37.8. The summed E-state index contributed by atoms with van der Waals surface area (Å²) in [5.74, 6) is -2.20. The van der Waals surface area contributed by atoms with E-state index in [1.54, 1.807) is 12.1 Å². The summed E-state index contributed by atoms with van der Waals surface area (Å²) >= 11 is 0. The molecule has 0 aliphatic rings. The molecule has 3 atom stereocenters. The first kappa shape index (κ1) is 24.7. The van der Waals surface area contributed by atoms with E-state index in [0.29, 0.717) is 6.42 Å². The minimum Gasteiger partial charge on any atom is -0.480 e. The lowest BCUT2D eigenvalue weighted by Gasteiger charge is -2.23. The van der Waals surface area contributed by atoms with Crippen molar-refractivity contribution in [3.05, 3.63) is 108 Å². The molecule has 5 N–H and O–H groups in total. The van der Waals surface area contributed by atoms with Crippen LogP contribution in [0.15, 0.2) is 91.0 Å². The monoisotopic (exact) mass is 459 g/mol. The van der Waals surface area contributed by atoms with Gasteiger partial charge in [0.15, 0.2) is 0 Å². The highest BCUT2D eigenvalue weighted by Crippen LogP contribution is 2.08. The largest absolute Gasteiger partial charge is 0.480 e. The number of carboxylic acids is 1. The van der Waals surface area contributed by atoms with Gasteiger partial charge >= 0.3 is 5.97 Å². The van der Waals surface area contributed by atoms with E-state index in [-0.39, 0.29) is 12.8 Å². The van der Waals surface area contributed by atoms with E-state index in [1.807, 2.05) is 78.9 Å². The Morgan fingerprint density at radius 2 is 1.00 bits per heavy atom. The summed E-state index contributed by atoms with van der Waals surface area (Å²) in [6, 6.07) is 24.7. The minimum atomic E-state index is -1.15. The first-order valence-electron chi connectivity index (χ1n) is 11.1. The van der Waals surface area contributed by atoms with E-state index in [2.05, 4.69) is 10.6 Å². The third-order valence-corrected chi connectivity index (χ3v) is 5.45. The number of nitrogens with one attached hydrogen (secondary N) is 2. The molecule has 0 aromatic heterocycles. The highest BCUT2D eigenvalue weighted by atomic mass is 16.4. The van der Waals surface area contributed by atoms with Crippen molar-refractivity contribution >= 4 is 17.8 Å². The van der Waals surface area contributed by atoms with Gasteiger partial charge in [-0.1, -0.05) is 91.0 Å². The Bertz CT molecular complexity index is 1070. The highest BCUT2D eigenvalue weighted by Gasteiger charge is 2.28. The molecule has 0 aliphatic heterocycles. The van der Waals surface area contributed by atoms with Crippen molar-refractivity contribution in [2.45, 2.75) is 37.4 Å². The number of rotatable bonds is 11. The molecule has 0 fully saturated rings. The molecule has 0 spiro atoms. The smallest absolute Gasteiger partial charge is 0.326 e. The van der Waals surface area contributed by atoms with E-state index in [9.17, 15) is 19.5 Å². The zero-order valence-corrected chi connectivity index (χ0v) is 18.8. The van der Waals surface area contributed by atoms with Crippen LogP contribution < -0.4 is 16.4 Å². The molecule has 34 heavy (non-hydrogen) atoms. The number of amides is 2. The highest BCUT2D eigenvalue weighted by molar-refractivity contribution is 5.92. The molecule has 3 aromatic carbocycles. The van der Waals surface area contributed by atoms with Crippen LogP contribution in [0.2, 0.25) is 0 Å². The number of carbonyl (C=O) groups is 3. The van der Waals surface area contributed by atoms with E-state index < -0.39 is 35.9 Å². The number of aliphatic carboxylic acids is 1. The van der Waals surface area contributed by atoms with E-state index in [4.69, 9.17) is 5.73 Å². The molecule has 0 unspecified atom stereocenters. The quantitative estimate of drug-likeness (QED) is 0.350. The molecule has 0 saturated heterocycles. The Morgan fingerprint density at radius 1 is 0.618 bits per heavy atom. The molecule has 7 heteroatoms. The molecular formula is C27H29N3O4. The Labute approximate surface area is 199 Å². The number of hydrogen-bond donors (Lipinski definition) is 4. The SMILES string of the molecule is N[C@@H](Cc1ccccc1)C(=O)N[C@H](Cc1ccccc1)C(=O)N[C@H](Cc1ccccc1)C(=O)O. The van der Waals surface area contributed by atoms with Crippen molar-refractivity contribution in [1.29, 1.82) is 0 Å². The van der Waals surface area contributed by atoms with Crippen LogP contribution in [0.3, 0.4) is 0 Å². The number of benzene rings is 3. The second-order valence-electron chi connectivity index (χ2n) is 8.14. The van der Waals surface area contributed by atoms with Gasteiger partial charge in [0, 0.05) is 12.8 Å². The standard InChI is InChI=1S/C27H29N3O4/c28-22(16-19-10-4-1-5-11-19)25(31)29-23(17-20-12-6-2-7-13-20)26(32)30-24(27(33)34)18-21-14-8-3-9-15-21/h1-15,22-24H,16-18,28H2,(H,29,31)(H,30,32)(H,33,34)/t22-,23+,24+/m0/s1. The maximum absolute atomic E-state index is 13.1. The fraction of sp³-hybridized carbons (Fsp3) is 0.222. The lowest BCUT2D eigenvalue weighted by molar-refractivity contribution is -0.142. The predicted octanol–water partition coefficient (Wildman–Crippen LogP) is 2.10. The maximum atomic E-state index is 13.1. The van der Waals surface area contributed by atoms with Crippen molar-refractivity contribution in [2.24, 2.45) is 5.73 Å². The van der Waals surface area contributed by atoms with Crippen molar-refractivity contribution in [3.63, 3.8) is 0 Å². The van der Waals surface area contributed by atoms with E-state index in [1.165, 1.54) is 0 Å². The van der Waals surface area contributed by atoms with Gasteiger partial charge in [0.05, 0.1) is 6.04 Å². The van der Waals surface area contributed by atoms with Crippen LogP contribution in [0.4, 0.5) is 0 Å². The van der Waals surface area contributed by atoms with Crippen molar-refractivity contribution in [1.82, 2.24) is 10.6 Å². The maximum Gasteiger partial charge on any atom is 0.326 e. The van der Waals surface area contributed by atoms with Crippen molar-refractivity contribution in [3.8, 4) is 0 Å². The van der Waals surface area contributed by atoms with Gasteiger partial charge in [-0.15, -0.1) is 0 Å². The van der Waals surface area contributed by atoms with Gasteiger partial charge < -0.3 is 21.5 Å². The summed E-state index contributed by atoms with van der Waals surface area (Å²) in [5, 5.41) is 15.0. The first-order chi connectivity index (χ1) is 16.4. The summed E-state index contributed by atoms with van der Waals surface area (Å²) in [5.41, 5.74) is 8.62. The fourth-order valence-electron chi connectivity index (χ4n) is 3.62. The Morgan fingerprint density at radius 3 is 1.44 bits per heavy atom. The first-order valence-corrected chi connectivity index (χ1v) is 11.1. The van der Waals surface area contributed by atoms with Crippen LogP contribution in [0.25, 0.3) is 0 Å². The minimum absolute atomic E-state index is 0.126. The number of carboxylic acid groups (broad SMARTS) is 1. The third-order valence-electron chi connectivity index (χ3n) is 5.45. The Kier molecular flexibility index (Phi) is 8.94. The van der Waals surface area contributed by atoms with E-state index in [0.717, 1.165) is 16.7 Å². The molecule has 0 bridgehead atoms. The molecule has 3 aromatic rings. The van der Waals surface area contributed by atoms with Crippen LogP contribution in [0.1, 0.15) is 16.7 Å². The Balaban J connectivity index is 1.72. The van der Waals surface area contributed by atoms with Crippen LogP contribution in [-0.4, -0.2) is 41.0 Å². The zero-order valence-electron chi connectivity index (χ0n) is 18.8. The van der Waals surface area contributed by atoms with Crippen molar-refractivity contribution in [2.75, 3.05) is 0 Å². The lowest BCUT2D eigenvalue weighted by Crippen LogP contribution is -2.55. The number of hydrogen-bond acceptors (Lipinski definition) is 4. The van der Waals surface area contributed by atoms with Gasteiger partial charge in [0.2, 0.25) is 11.8 Å². The summed E-state index contributed by atoms with van der Waals surface area (Å²) in [7, 11) is 0. The Hall–Kier alpha value is -3.97. The van der Waals surface area contributed by atoms with Crippen LogP contribution >= 0.6 is 0 Å². The zero-order chi connectivity index (χ0) is 24.3. The molecule has 0 saturated carbocycles. The van der Waals surface area contributed by atoms with Gasteiger partial charge in [-0.3, -0.25) is 9.59 Å². The second kappa shape index (κ2) is 12.3. The third kappa shape index (κ3) is 7.56. The molecular weight excluding hydrogens is 430 g/mol. The fourth-order valence-corrected chi connectivity index (χ4v) is 3.62. The molecule has 176 valence electrons. The van der Waals surface area contributed by atoms with Crippen LogP contribution in [0, 0.1) is 0 Å². The van der Waals surface area contributed by atoms with Crippen LogP contribution in [0.5, 0.6) is 0 Å². The summed E-state index contributed by atoms with van der Waals surface area (Å²) in [6.45, 7) is 0. The average Bonchev–Trinajstić information content (AvgIpc) is 2.85. The molecule has 7 nitrogen and oxygen atoms in total. The van der Waals surface area contributed by atoms with Crippen molar-refractivity contribution < 1.29 is 19.5 Å². The molecule has 0 aliphatic carbocycles. The van der Waals surface area contributed by atoms with Gasteiger partial charge in [-0.25, -0.2) is 4.79 Å². The molecule has 3 rings (SSSR count). The lowest BCUT2D eigenvalue weighted by atomic mass is 10.0. The number of nitrogens with two attached hydrogens (primary N) is 1. The number of carbonyl (C=O) groups excluding carboxylic acids is 2. The summed E-state index contributed by atoms with van der Waals surface area (Å²) in [6.07, 6.45) is 0.647. The van der Waals surface area contributed by atoms with Gasteiger partial charge in [-0.05, 0) is 23.1 Å². The summed E-state index contributed by atoms with van der Waals surface area (Å²) < 4.78 is 0. The molecule has 0 heterocycles. The second-order valence-corrected chi connectivity index (χ2v) is 8.14. The van der Waals surface area contributed by atoms with Gasteiger partial charge in [0.1, 0.15) is 12.1 Å². The average molecular weight is 460 g/mol. The molecule has 2 amide bonds. The van der Waals surface area contributed by atoms with Crippen LogP contribution in [-0.2, 0) is 33.6 Å². The van der Waals surface area contributed by atoms with Gasteiger partial charge in [-0.2, -0.15) is 0 Å². The topological polar surface area (TPSA) is 122 Å². The predicted molar refractivity (Wildman–Crippen MR) is 130 cm³/mol. The van der Waals surface area contributed by atoms with E-state index >= 15 is 0 Å². The normalized spacial score (nSPS) is 13.3. The van der Waals surface area contributed by atoms with Gasteiger partial charge in [0.25, 0.3) is 0 Å².